The van der Waals surface area contributed by atoms with Crippen LogP contribution in [0, 0.1) is 5.41 Å². The Morgan fingerprint density at radius 2 is 1.83 bits per heavy atom. The van der Waals surface area contributed by atoms with Gasteiger partial charge in [0.2, 0.25) is 0 Å². The van der Waals surface area contributed by atoms with Gasteiger partial charge in [-0.2, -0.15) is 0 Å². The fraction of sp³-hybridized carbons (Fsp3) is 0.636. The molecule has 0 radical (unpaired) electrons. The van der Waals surface area contributed by atoms with Gasteiger partial charge >= 0.3 is 0 Å². The Morgan fingerprint density at radius 3 is 2.33 bits per heavy atom. The molecule has 0 amide bonds. The summed E-state index contributed by atoms with van der Waals surface area (Å²) in [6, 6.07) is 1.68. The maximum absolute atomic E-state index is 11.5. The summed E-state index contributed by atoms with van der Waals surface area (Å²) in [5.41, 5.74) is 0.396. The average molecular weight is 311 g/mol. The highest BCUT2D eigenvalue weighted by Crippen LogP contribution is 2.41. The zero-order chi connectivity index (χ0) is 13.6. The van der Waals surface area contributed by atoms with Crippen LogP contribution in [-0.4, -0.2) is 21.6 Å². The minimum Gasteiger partial charge on any atom is -0.345 e. The summed E-state index contributed by atoms with van der Waals surface area (Å²) in [5, 5.41) is 1.67. The van der Waals surface area contributed by atoms with Crippen molar-refractivity contribution in [1.82, 2.24) is 0 Å². The predicted molar refractivity (Wildman–Crippen MR) is 70.4 cm³/mol. The van der Waals surface area contributed by atoms with Gasteiger partial charge in [0.05, 0.1) is 13.2 Å². The van der Waals surface area contributed by atoms with Gasteiger partial charge in [0, 0.05) is 21.7 Å². The van der Waals surface area contributed by atoms with E-state index in [0.29, 0.717) is 18.8 Å². The monoisotopic (exact) mass is 310 g/mol. The molecule has 0 aromatic carbocycles. The highest BCUT2D eigenvalue weighted by atomic mass is 35.7. The molecule has 2 rings (SSSR count). The Labute approximate surface area is 115 Å². The summed E-state index contributed by atoms with van der Waals surface area (Å²) in [6.07, 6.45) is 0. The lowest BCUT2D eigenvalue weighted by atomic mass is 9.94. The minimum absolute atomic E-state index is 0.0739. The zero-order valence-corrected chi connectivity index (χ0v) is 12.8. The van der Waals surface area contributed by atoms with Crippen molar-refractivity contribution in [2.24, 2.45) is 5.41 Å². The summed E-state index contributed by atoms with van der Waals surface area (Å²) in [4.78, 5) is 0. The van der Waals surface area contributed by atoms with Gasteiger partial charge in [-0.15, -0.1) is 11.3 Å². The molecule has 0 spiro atoms. The van der Waals surface area contributed by atoms with E-state index in [2.05, 4.69) is 0 Å². The van der Waals surface area contributed by atoms with E-state index in [1.165, 1.54) is 0 Å². The van der Waals surface area contributed by atoms with Crippen molar-refractivity contribution in [2.75, 3.05) is 13.2 Å². The Hall–Kier alpha value is -0.140. The fourth-order valence-electron chi connectivity index (χ4n) is 1.73. The molecule has 1 fully saturated rings. The molecule has 0 atom stereocenters. The van der Waals surface area contributed by atoms with Crippen LogP contribution >= 0.6 is 22.0 Å². The summed E-state index contributed by atoms with van der Waals surface area (Å²) < 4.78 is 34.5. The Morgan fingerprint density at radius 1 is 1.28 bits per heavy atom. The fourth-order valence-corrected chi connectivity index (χ4v) is 4.15. The van der Waals surface area contributed by atoms with E-state index in [4.69, 9.17) is 20.2 Å². The smallest absolute Gasteiger partial charge is 0.271 e. The van der Waals surface area contributed by atoms with Crippen molar-refractivity contribution < 1.29 is 17.9 Å². The molecular formula is C11H15ClO4S2. The number of ether oxygens (including phenoxy) is 2. The van der Waals surface area contributed by atoms with Gasteiger partial charge in [-0.1, -0.05) is 13.8 Å². The van der Waals surface area contributed by atoms with Crippen LogP contribution in [0.5, 0.6) is 0 Å². The Kier molecular flexibility index (Phi) is 3.53. The van der Waals surface area contributed by atoms with Crippen molar-refractivity contribution in [3.8, 4) is 0 Å². The van der Waals surface area contributed by atoms with Gasteiger partial charge < -0.3 is 9.47 Å². The molecule has 1 aliphatic heterocycles. The van der Waals surface area contributed by atoms with Gasteiger partial charge in [-0.05, 0) is 18.4 Å². The lowest BCUT2D eigenvalue weighted by Gasteiger charge is -2.41. The van der Waals surface area contributed by atoms with E-state index in [-0.39, 0.29) is 9.62 Å². The Bertz CT molecular complexity index is 537. The summed E-state index contributed by atoms with van der Waals surface area (Å²) in [7, 11) is 1.64. The summed E-state index contributed by atoms with van der Waals surface area (Å²) in [5.74, 6) is -1.05. The van der Waals surface area contributed by atoms with Crippen molar-refractivity contribution in [3.05, 3.63) is 17.0 Å². The highest BCUT2D eigenvalue weighted by Gasteiger charge is 2.41. The molecule has 0 unspecified atom stereocenters. The number of thiophene rings is 1. The second kappa shape index (κ2) is 4.45. The molecule has 0 N–H and O–H groups in total. The third kappa shape index (κ3) is 2.72. The van der Waals surface area contributed by atoms with E-state index in [9.17, 15) is 8.42 Å². The SMILES string of the molecule is CC1(C)COC(C)(c2ccsc2S(=O)(=O)Cl)OC1. The number of hydrogen-bond acceptors (Lipinski definition) is 5. The zero-order valence-electron chi connectivity index (χ0n) is 10.4. The molecule has 7 heteroatoms. The third-order valence-electron chi connectivity index (χ3n) is 2.82. The standard InChI is InChI=1S/C11H15ClO4S2/c1-10(2)6-15-11(3,16-7-10)8-4-5-17-9(8)18(12,13)14/h4-5H,6-7H2,1-3H3. The average Bonchev–Trinajstić information content (AvgIpc) is 2.72. The minimum atomic E-state index is -3.78. The number of hydrogen-bond donors (Lipinski definition) is 0. The largest absolute Gasteiger partial charge is 0.345 e. The molecule has 18 heavy (non-hydrogen) atoms. The molecular weight excluding hydrogens is 296 g/mol. The molecule has 0 bridgehead atoms. The highest BCUT2D eigenvalue weighted by molar-refractivity contribution is 8.15. The third-order valence-corrected chi connectivity index (χ3v) is 5.87. The van der Waals surface area contributed by atoms with Crippen LogP contribution < -0.4 is 0 Å². The van der Waals surface area contributed by atoms with E-state index in [1.807, 2.05) is 13.8 Å². The van der Waals surface area contributed by atoms with Crippen molar-refractivity contribution in [3.63, 3.8) is 0 Å². The van der Waals surface area contributed by atoms with Crippen molar-refractivity contribution in [1.29, 1.82) is 0 Å². The van der Waals surface area contributed by atoms with Gasteiger partial charge in [-0.3, -0.25) is 0 Å². The molecule has 0 saturated carbocycles. The first-order valence-corrected chi connectivity index (χ1v) is 8.64. The summed E-state index contributed by atoms with van der Waals surface area (Å²) in [6.45, 7) is 6.77. The van der Waals surface area contributed by atoms with Crippen LogP contribution in [0.4, 0.5) is 0 Å². The van der Waals surface area contributed by atoms with Crippen LogP contribution in [0.2, 0.25) is 0 Å². The normalized spacial score (nSPS) is 22.9. The maximum Gasteiger partial charge on any atom is 0.271 e. The van der Waals surface area contributed by atoms with Crippen LogP contribution in [0.1, 0.15) is 26.3 Å². The molecule has 1 aliphatic rings. The van der Waals surface area contributed by atoms with Crippen LogP contribution in [0.15, 0.2) is 15.7 Å². The topological polar surface area (TPSA) is 52.6 Å². The predicted octanol–water partition coefficient (Wildman–Crippen LogP) is 2.92. The van der Waals surface area contributed by atoms with Crippen molar-refractivity contribution in [2.45, 2.75) is 30.8 Å². The lowest BCUT2D eigenvalue weighted by Crippen LogP contribution is -2.43. The number of rotatable bonds is 2. The Balaban J connectivity index is 2.36. The molecule has 2 heterocycles. The molecule has 1 aromatic rings. The molecule has 1 aromatic heterocycles. The van der Waals surface area contributed by atoms with Crippen LogP contribution in [0.3, 0.4) is 0 Å². The second-order valence-electron chi connectivity index (χ2n) is 5.25. The first-order valence-electron chi connectivity index (χ1n) is 5.45. The first kappa shape index (κ1) is 14.3. The summed E-state index contributed by atoms with van der Waals surface area (Å²) >= 11 is 1.07. The first-order chi connectivity index (χ1) is 8.14. The van der Waals surface area contributed by atoms with Crippen LogP contribution in [-0.2, 0) is 24.3 Å². The van der Waals surface area contributed by atoms with E-state index in [0.717, 1.165) is 11.3 Å². The molecule has 1 saturated heterocycles. The van der Waals surface area contributed by atoms with E-state index >= 15 is 0 Å². The quantitative estimate of drug-likeness (QED) is 0.788. The number of halogens is 1. The van der Waals surface area contributed by atoms with Crippen LogP contribution in [0.25, 0.3) is 0 Å². The molecule has 0 aliphatic carbocycles. The molecule has 4 nitrogen and oxygen atoms in total. The lowest BCUT2D eigenvalue weighted by molar-refractivity contribution is -0.298. The maximum atomic E-state index is 11.5. The van der Waals surface area contributed by atoms with Gasteiger partial charge in [0.1, 0.15) is 4.21 Å². The second-order valence-corrected chi connectivity index (χ2v) is 8.92. The van der Waals surface area contributed by atoms with E-state index in [1.54, 1.807) is 18.4 Å². The molecule has 102 valence electrons. The van der Waals surface area contributed by atoms with Gasteiger partial charge in [0.15, 0.2) is 5.79 Å². The van der Waals surface area contributed by atoms with Gasteiger partial charge in [-0.25, -0.2) is 8.42 Å². The van der Waals surface area contributed by atoms with Crippen molar-refractivity contribution >= 4 is 31.1 Å². The van der Waals surface area contributed by atoms with E-state index < -0.39 is 14.8 Å². The van der Waals surface area contributed by atoms with Gasteiger partial charge in [0.25, 0.3) is 9.05 Å².